The topological polar surface area (TPSA) is 80.2 Å². The highest BCUT2D eigenvalue weighted by Crippen LogP contribution is 2.31. The summed E-state index contributed by atoms with van der Waals surface area (Å²) >= 11 is 1.28. The lowest BCUT2D eigenvalue weighted by Crippen LogP contribution is -2.40. The van der Waals surface area contributed by atoms with Crippen LogP contribution in [0.2, 0.25) is 0 Å². The van der Waals surface area contributed by atoms with Crippen LogP contribution in [-0.4, -0.2) is 41.1 Å². The van der Waals surface area contributed by atoms with Crippen LogP contribution < -0.4 is 0 Å². The number of hydrogen-bond donors (Lipinski definition) is 0. The number of alkyl halides is 3. The van der Waals surface area contributed by atoms with Gasteiger partial charge in [-0.2, -0.15) is 28.8 Å². The molecule has 2 aromatic heterocycles. The Kier molecular flexibility index (Phi) is 6.64. The van der Waals surface area contributed by atoms with E-state index >= 15 is 0 Å². The highest BCUT2D eigenvalue weighted by Gasteiger charge is 2.39. The zero-order valence-corrected chi connectivity index (χ0v) is 19.0. The van der Waals surface area contributed by atoms with Gasteiger partial charge in [-0.1, -0.05) is 12.1 Å². The number of rotatable bonds is 7. The molecule has 0 amide bonds. The van der Waals surface area contributed by atoms with Gasteiger partial charge in [0, 0.05) is 29.6 Å². The average molecular weight is 496 g/mol. The lowest BCUT2D eigenvalue weighted by molar-refractivity contribution is -0.137. The highest BCUT2D eigenvalue weighted by molar-refractivity contribution is 7.89. The smallest absolute Gasteiger partial charge is 0.298 e. The van der Waals surface area contributed by atoms with Gasteiger partial charge in [-0.15, -0.1) is 0 Å². The molecule has 174 valence electrons. The average Bonchev–Trinajstić information content (AvgIpc) is 3.50. The van der Waals surface area contributed by atoms with Crippen molar-refractivity contribution in [3.05, 3.63) is 64.7 Å². The molecule has 6 nitrogen and oxygen atoms in total. The summed E-state index contributed by atoms with van der Waals surface area (Å²) in [5.41, 5.74) is 0.758. The van der Waals surface area contributed by atoms with E-state index in [4.69, 9.17) is 0 Å². The minimum absolute atomic E-state index is 0.101. The molecular formula is C22H20F3N3O3S2. The molecule has 1 atom stereocenters. The summed E-state index contributed by atoms with van der Waals surface area (Å²) < 4.78 is 65.3. The van der Waals surface area contributed by atoms with Crippen molar-refractivity contribution in [3.8, 4) is 11.3 Å². The Morgan fingerprint density at radius 1 is 1.15 bits per heavy atom. The number of Topliss-reactive ketones (excluding diaryl/α,β-unsaturated/α-hetero) is 1. The molecule has 1 aliphatic heterocycles. The standard InChI is InChI=1S/C22H20F3N3O3S2/c23-22(24,25)16-5-3-15(4-6-16)19-12-17(26-14-27-19)7-8-21(29)20-2-1-10-28(20)33(30,31)18-9-11-32-13-18/h3-6,9,11-14,20H,1-2,7-8,10H2/t20-/m0/s1. The monoisotopic (exact) mass is 495 g/mol. The van der Waals surface area contributed by atoms with Crippen LogP contribution in [0.25, 0.3) is 11.3 Å². The first kappa shape index (κ1) is 23.5. The molecule has 1 aromatic carbocycles. The second kappa shape index (κ2) is 9.32. The van der Waals surface area contributed by atoms with Gasteiger partial charge in [0.05, 0.1) is 22.2 Å². The molecule has 0 radical (unpaired) electrons. The summed E-state index contributed by atoms with van der Waals surface area (Å²) in [6.07, 6.45) is -1.65. The van der Waals surface area contributed by atoms with Gasteiger partial charge in [0.25, 0.3) is 0 Å². The molecule has 0 spiro atoms. The van der Waals surface area contributed by atoms with Crippen LogP contribution in [-0.2, 0) is 27.4 Å². The van der Waals surface area contributed by atoms with Crippen molar-refractivity contribution in [3.63, 3.8) is 0 Å². The predicted molar refractivity (Wildman–Crippen MR) is 117 cm³/mol. The van der Waals surface area contributed by atoms with Crippen LogP contribution in [0.15, 0.2) is 58.4 Å². The lowest BCUT2D eigenvalue weighted by atomic mass is 10.0. The van der Waals surface area contributed by atoms with Crippen molar-refractivity contribution in [1.82, 2.24) is 14.3 Å². The number of carbonyl (C=O) groups excluding carboxylic acids is 1. The number of ketones is 1. The molecule has 33 heavy (non-hydrogen) atoms. The van der Waals surface area contributed by atoms with E-state index < -0.39 is 27.8 Å². The van der Waals surface area contributed by atoms with Crippen LogP contribution in [0, 0.1) is 0 Å². The SMILES string of the molecule is O=C(CCc1cc(-c2ccc(C(F)(F)F)cc2)ncn1)[C@@H]1CCCN1S(=O)(=O)c1ccsc1. The van der Waals surface area contributed by atoms with Crippen molar-refractivity contribution in [1.29, 1.82) is 0 Å². The molecule has 0 bridgehead atoms. The molecule has 0 unspecified atom stereocenters. The molecule has 0 saturated carbocycles. The zero-order chi connectivity index (χ0) is 23.6. The van der Waals surface area contributed by atoms with Crippen LogP contribution in [0.5, 0.6) is 0 Å². The fraction of sp³-hybridized carbons (Fsp3) is 0.318. The summed E-state index contributed by atoms with van der Waals surface area (Å²) in [7, 11) is -3.71. The van der Waals surface area contributed by atoms with Crippen LogP contribution in [0.4, 0.5) is 13.2 Å². The van der Waals surface area contributed by atoms with E-state index in [0.717, 1.165) is 12.1 Å². The van der Waals surface area contributed by atoms with Gasteiger partial charge in [0.2, 0.25) is 10.0 Å². The Balaban J connectivity index is 1.44. The van der Waals surface area contributed by atoms with E-state index in [-0.39, 0.29) is 23.5 Å². The Labute approximate surface area is 193 Å². The van der Waals surface area contributed by atoms with Crippen LogP contribution in [0.1, 0.15) is 30.5 Å². The van der Waals surface area contributed by atoms with Gasteiger partial charge in [-0.25, -0.2) is 18.4 Å². The fourth-order valence-corrected chi connectivity index (χ4v) is 6.52. The number of nitrogens with zero attached hydrogens (tertiary/aromatic N) is 3. The first-order valence-corrected chi connectivity index (χ1v) is 12.6. The summed E-state index contributed by atoms with van der Waals surface area (Å²) in [4.78, 5) is 21.3. The molecule has 3 aromatic rings. The third-order valence-corrected chi connectivity index (χ3v) is 8.27. The first-order valence-electron chi connectivity index (χ1n) is 10.2. The van der Waals surface area contributed by atoms with E-state index in [1.807, 2.05) is 0 Å². The van der Waals surface area contributed by atoms with E-state index in [1.165, 1.54) is 40.2 Å². The molecule has 11 heteroatoms. The molecule has 1 fully saturated rings. The number of halogens is 3. The molecule has 0 aliphatic carbocycles. The molecule has 4 rings (SSSR count). The first-order chi connectivity index (χ1) is 15.7. The van der Waals surface area contributed by atoms with Gasteiger partial charge in [0.15, 0.2) is 5.78 Å². The van der Waals surface area contributed by atoms with Crippen molar-refractivity contribution in [2.24, 2.45) is 0 Å². The van der Waals surface area contributed by atoms with Crippen LogP contribution >= 0.6 is 11.3 Å². The Hall–Kier alpha value is -2.63. The number of carbonyl (C=O) groups is 1. The fourth-order valence-electron chi connectivity index (χ4n) is 3.82. The molecule has 3 heterocycles. The third kappa shape index (κ3) is 5.15. The van der Waals surface area contributed by atoms with Crippen molar-refractivity contribution >= 4 is 27.1 Å². The summed E-state index contributed by atoms with van der Waals surface area (Å²) in [5.74, 6) is -0.180. The second-order valence-corrected chi connectivity index (χ2v) is 10.3. The minimum Gasteiger partial charge on any atom is -0.298 e. The van der Waals surface area contributed by atoms with Gasteiger partial charge in [-0.3, -0.25) is 4.79 Å². The van der Waals surface area contributed by atoms with Crippen LogP contribution in [0.3, 0.4) is 0 Å². The summed E-state index contributed by atoms with van der Waals surface area (Å²) in [5, 5.41) is 3.24. The number of aromatic nitrogens is 2. The molecular weight excluding hydrogens is 475 g/mol. The number of benzene rings is 1. The summed E-state index contributed by atoms with van der Waals surface area (Å²) in [6, 6.07) is 7.11. The number of sulfonamides is 1. The van der Waals surface area contributed by atoms with Gasteiger partial charge >= 0.3 is 6.18 Å². The predicted octanol–water partition coefficient (Wildman–Crippen LogP) is 4.58. The Morgan fingerprint density at radius 3 is 2.58 bits per heavy atom. The van der Waals surface area contributed by atoms with E-state index in [0.29, 0.717) is 36.3 Å². The quantitative estimate of drug-likeness (QED) is 0.479. The molecule has 0 N–H and O–H groups in total. The maximum atomic E-state index is 12.9. The van der Waals surface area contributed by atoms with Gasteiger partial charge in [-0.05, 0) is 48.9 Å². The van der Waals surface area contributed by atoms with Crippen molar-refractivity contribution < 1.29 is 26.4 Å². The maximum Gasteiger partial charge on any atom is 0.416 e. The van der Waals surface area contributed by atoms with E-state index in [2.05, 4.69) is 9.97 Å². The number of aryl methyl sites for hydroxylation is 1. The van der Waals surface area contributed by atoms with Gasteiger partial charge in [0.1, 0.15) is 6.33 Å². The third-order valence-electron chi connectivity index (χ3n) is 5.54. The van der Waals surface area contributed by atoms with Crippen molar-refractivity contribution in [2.75, 3.05) is 6.54 Å². The Morgan fingerprint density at radius 2 is 1.91 bits per heavy atom. The van der Waals surface area contributed by atoms with Crippen molar-refractivity contribution in [2.45, 2.75) is 42.8 Å². The van der Waals surface area contributed by atoms with E-state index in [9.17, 15) is 26.4 Å². The van der Waals surface area contributed by atoms with Gasteiger partial charge < -0.3 is 0 Å². The zero-order valence-electron chi connectivity index (χ0n) is 17.3. The second-order valence-electron chi connectivity index (χ2n) is 7.67. The normalized spacial score (nSPS) is 17.4. The minimum atomic E-state index is -4.42. The Bertz CT molecular complexity index is 1230. The maximum absolute atomic E-state index is 12.9. The lowest BCUT2D eigenvalue weighted by Gasteiger charge is -2.22. The number of hydrogen-bond acceptors (Lipinski definition) is 6. The molecule has 1 aliphatic rings. The van der Waals surface area contributed by atoms with E-state index in [1.54, 1.807) is 16.8 Å². The molecule has 1 saturated heterocycles. The highest BCUT2D eigenvalue weighted by atomic mass is 32.2. The number of thiophene rings is 1. The summed E-state index contributed by atoms with van der Waals surface area (Å²) in [6.45, 7) is 0.306. The largest absolute Gasteiger partial charge is 0.416 e.